The normalized spacial score (nSPS) is 8.73. The van der Waals surface area contributed by atoms with Crippen LogP contribution in [0.5, 0.6) is 0 Å². The van der Waals surface area contributed by atoms with E-state index in [1.807, 2.05) is 0 Å². The van der Waals surface area contributed by atoms with E-state index in [2.05, 4.69) is 21.2 Å². The molecule has 0 fully saturated rings. The van der Waals surface area contributed by atoms with Crippen molar-refractivity contribution >= 4 is 5.82 Å². The summed E-state index contributed by atoms with van der Waals surface area (Å²) in [4.78, 5) is 7.00. The van der Waals surface area contributed by atoms with Gasteiger partial charge in [0.05, 0.1) is 6.54 Å². The van der Waals surface area contributed by atoms with E-state index in [9.17, 15) is 4.39 Å². The third-order valence-electron chi connectivity index (χ3n) is 1.01. The third-order valence-corrected chi connectivity index (χ3v) is 1.01. The van der Waals surface area contributed by atoms with Crippen LogP contribution in [0.1, 0.15) is 0 Å². The number of halogens is 1. The highest BCUT2D eigenvalue weighted by Gasteiger charge is 1.93. The lowest BCUT2D eigenvalue weighted by atomic mass is 10.5. The van der Waals surface area contributed by atoms with E-state index in [1.54, 1.807) is 0 Å². The first kappa shape index (κ1) is 7.48. The van der Waals surface area contributed by atoms with Crippen molar-refractivity contribution in [1.82, 2.24) is 9.97 Å². The van der Waals surface area contributed by atoms with Crippen molar-refractivity contribution in [3.05, 3.63) is 18.3 Å². The molecule has 0 unspecified atom stereocenters. The fraction of sp³-hybridized carbons (Fsp3) is 0.143. The number of aromatic nitrogens is 2. The summed E-state index contributed by atoms with van der Waals surface area (Å²) in [5, 5.41) is 2.71. The molecule has 0 radical (unpaired) electrons. The molecule has 0 aliphatic rings. The summed E-state index contributed by atoms with van der Waals surface area (Å²) in [7, 11) is 0. The third kappa shape index (κ3) is 2.22. The van der Waals surface area contributed by atoms with Gasteiger partial charge in [0.2, 0.25) is 5.95 Å². The maximum absolute atomic E-state index is 12.4. The lowest BCUT2D eigenvalue weighted by Gasteiger charge is -1.98. The average molecular weight is 151 g/mol. The zero-order valence-corrected chi connectivity index (χ0v) is 5.71. The summed E-state index contributed by atoms with van der Waals surface area (Å²) >= 11 is 0. The average Bonchev–Trinajstić information content (AvgIpc) is 2.01. The number of hydrogen-bond donors (Lipinski definition) is 1. The van der Waals surface area contributed by atoms with E-state index in [0.717, 1.165) is 6.33 Å². The maximum Gasteiger partial charge on any atom is 0.217 e. The van der Waals surface area contributed by atoms with E-state index in [0.29, 0.717) is 12.4 Å². The molecule has 0 saturated carbocycles. The topological polar surface area (TPSA) is 37.8 Å². The van der Waals surface area contributed by atoms with Crippen LogP contribution in [0.15, 0.2) is 12.4 Å². The van der Waals surface area contributed by atoms with Crippen molar-refractivity contribution in [3.63, 3.8) is 0 Å². The Kier molecular flexibility index (Phi) is 2.39. The second kappa shape index (κ2) is 3.52. The largest absolute Gasteiger partial charge is 0.359 e. The molecule has 0 saturated heterocycles. The molecule has 0 aliphatic carbocycles. The second-order valence-corrected chi connectivity index (χ2v) is 1.78. The Morgan fingerprint density at radius 3 is 3.09 bits per heavy atom. The van der Waals surface area contributed by atoms with Gasteiger partial charge >= 0.3 is 0 Å². The summed E-state index contributed by atoms with van der Waals surface area (Å²) in [6, 6.07) is 1.18. The summed E-state index contributed by atoms with van der Waals surface area (Å²) in [5.41, 5.74) is 0. The molecule has 4 heteroatoms. The Hall–Kier alpha value is -1.63. The standard InChI is InChI=1S/C7H6FN3/c1-2-3-9-7-4-6(8)10-5-11-7/h1,4-5H,3H2,(H,9,10,11). The van der Waals surface area contributed by atoms with Gasteiger partial charge < -0.3 is 5.32 Å². The van der Waals surface area contributed by atoms with Crippen LogP contribution in [0.25, 0.3) is 0 Å². The number of rotatable bonds is 2. The van der Waals surface area contributed by atoms with Gasteiger partial charge in [-0.25, -0.2) is 9.97 Å². The lowest BCUT2D eigenvalue weighted by Crippen LogP contribution is -2.01. The van der Waals surface area contributed by atoms with Gasteiger partial charge in [-0.3, -0.25) is 0 Å². The minimum atomic E-state index is -0.570. The predicted octanol–water partition coefficient (Wildman–Crippen LogP) is 0.661. The molecule has 0 amide bonds. The van der Waals surface area contributed by atoms with Crippen LogP contribution in [0.4, 0.5) is 10.2 Å². The molecule has 1 aromatic rings. The Morgan fingerprint density at radius 1 is 1.64 bits per heavy atom. The van der Waals surface area contributed by atoms with Crippen molar-refractivity contribution in [2.24, 2.45) is 0 Å². The predicted molar refractivity (Wildman–Crippen MR) is 39.3 cm³/mol. The van der Waals surface area contributed by atoms with Crippen molar-refractivity contribution in [1.29, 1.82) is 0 Å². The molecule has 0 atom stereocenters. The Labute approximate surface area is 63.7 Å². The molecule has 56 valence electrons. The van der Waals surface area contributed by atoms with Crippen molar-refractivity contribution in [3.8, 4) is 12.3 Å². The first-order valence-corrected chi connectivity index (χ1v) is 2.98. The number of nitrogens with zero attached hydrogens (tertiary/aromatic N) is 2. The summed E-state index contributed by atoms with van der Waals surface area (Å²) in [6.45, 7) is 0.330. The molecule has 3 nitrogen and oxygen atoms in total. The summed E-state index contributed by atoms with van der Waals surface area (Å²) < 4.78 is 12.4. The Morgan fingerprint density at radius 2 is 2.45 bits per heavy atom. The molecule has 0 spiro atoms. The van der Waals surface area contributed by atoms with Gasteiger partial charge in [-0.2, -0.15) is 4.39 Å². The van der Waals surface area contributed by atoms with Crippen LogP contribution in [0, 0.1) is 18.3 Å². The highest BCUT2D eigenvalue weighted by Crippen LogP contribution is 2.00. The van der Waals surface area contributed by atoms with Gasteiger partial charge in [0.1, 0.15) is 12.1 Å². The lowest BCUT2D eigenvalue weighted by molar-refractivity contribution is 0.580. The van der Waals surface area contributed by atoms with Crippen LogP contribution in [-0.2, 0) is 0 Å². The van der Waals surface area contributed by atoms with Gasteiger partial charge in [0, 0.05) is 6.07 Å². The molecule has 1 N–H and O–H groups in total. The van der Waals surface area contributed by atoms with Gasteiger partial charge in [-0.1, -0.05) is 5.92 Å². The smallest absolute Gasteiger partial charge is 0.217 e. The van der Waals surface area contributed by atoms with Crippen molar-refractivity contribution in [2.75, 3.05) is 11.9 Å². The molecule has 0 aliphatic heterocycles. The van der Waals surface area contributed by atoms with Gasteiger partial charge in [-0.15, -0.1) is 6.42 Å². The minimum absolute atomic E-state index is 0.330. The molecule has 0 aromatic carbocycles. The van der Waals surface area contributed by atoms with Crippen molar-refractivity contribution < 1.29 is 4.39 Å². The van der Waals surface area contributed by atoms with Crippen LogP contribution >= 0.6 is 0 Å². The van der Waals surface area contributed by atoms with E-state index in [1.165, 1.54) is 6.07 Å². The van der Waals surface area contributed by atoms with E-state index in [4.69, 9.17) is 6.42 Å². The molecule has 0 bridgehead atoms. The summed E-state index contributed by atoms with van der Waals surface area (Å²) in [5.74, 6) is 2.17. The zero-order chi connectivity index (χ0) is 8.10. The molecule has 1 rings (SSSR count). The Bertz CT molecular complexity index is 279. The SMILES string of the molecule is C#CCNc1cc(F)ncn1. The first-order valence-electron chi connectivity index (χ1n) is 2.98. The zero-order valence-electron chi connectivity index (χ0n) is 5.71. The second-order valence-electron chi connectivity index (χ2n) is 1.78. The fourth-order valence-corrected chi connectivity index (χ4v) is 0.572. The highest BCUT2D eigenvalue weighted by molar-refractivity contribution is 5.33. The van der Waals surface area contributed by atoms with Crippen LogP contribution in [0.2, 0.25) is 0 Å². The van der Waals surface area contributed by atoms with Gasteiger partial charge in [0.25, 0.3) is 0 Å². The monoisotopic (exact) mass is 151 g/mol. The first-order chi connectivity index (χ1) is 5.33. The molecule has 1 heterocycles. The number of terminal acetylenes is 1. The van der Waals surface area contributed by atoms with E-state index < -0.39 is 5.95 Å². The molecular formula is C7H6FN3. The Balaban J connectivity index is 2.65. The van der Waals surface area contributed by atoms with Crippen molar-refractivity contribution in [2.45, 2.75) is 0 Å². The number of hydrogen-bond acceptors (Lipinski definition) is 3. The number of nitrogens with one attached hydrogen (secondary N) is 1. The highest BCUT2D eigenvalue weighted by atomic mass is 19.1. The van der Waals surface area contributed by atoms with Crippen LogP contribution in [0.3, 0.4) is 0 Å². The number of anilines is 1. The molecule has 11 heavy (non-hydrogen) atoms. The molecular weight excluding hydrogens is 145 g/mol. The van der Waals surface area contributed by atoms with E-state index in [-0.39, 0.29) is 0 Å². The maximum atomic E-state index is 12.4. The minimum Gasteiger partial charge on any atom is -0.359 e. The van der Waals surface area contributed by atoms with E-state index >= 15 is 0 Å². The van der Waals surface area contributed by atoms with Gasteiger partial charge in [0.15, 0.2) is 0 Å². The van der Waals surface area contributed by atoms with Crippen LogP contribution < -0.4 is 5.32 Å². The molecule has 1 aromatic heterocycles. The summed E-state index contributed by atoms with van der Waals surface area (Å²) in [6.07, 6.45) is 6.10. The van der Waals surface area contributed by atoms with Crippen LogP contribution in [-0.4, -0.2) is 16.5 Å². The fourth-order valence-electron chi connectivity index (χ4n) is 0.572. The quantitative estimate of drug-likeness (QED) is 0.498. The van der Waals surface area contributed by atoms with Gasteiger partial charge in [-0.05, 0) is 0 Å².